The first-order chi connectivity index (χ1) is 17.1. The molecular formula is C25H26F3N3O4S. The number of esters is 1. The van der Waals surface area contributed by atoms with Gasteiger partial charge >= 0.3 is 18.2 Å². The van der Waals surface area contributed by atoms with E-state index < -0.39 is 22.6 Å². The maximum absolute atomic E-state index is 13.2. The van der Waals surface area contributed by atoms with Crippen LogP contribution in [0.5, 0.6) is 0 Å². The molecule has 2 fully saturated rings. The van der Waals surface area contributed by atoms with Crippen molar-refractivity contribution < 1.29 is 32.3 Å². The van der Waals surface area contributed by atoms with Crippen LogP contribution >= 0.6 is 11.8 Å². The van der Waals surface area contributed by atoms with Crippen molar-refractivity contribution >= 4 is 35.4 Å². The van der Waals surface area contributed by atoms with E-state index in [0.29, 0.717) is 43.7 Å². The first-order valence-corrected chi connectivity index (χ1v) is 12.6. The number of ether oxygens (including phenoxy) is 1. The van der Waals surface area contributed by atoms with Gasteiger partial charge in [-0.1, -0.05) is 0 Å². The average Bonchev–Trinajstić information content (AvgIpc) is 3.26. The predicted molar refractivity (Wildman–Crippen MR) is 130 cm³/mol. The third kappa shape index (κ3) is 5.45. The second kappa shape index (κ2) is 10.4. The van der Waals surface area contributed by atoms with Crippen molar-refractivity contribution in [2.24, 2.45) is 0 Å². The first-order valence-electron chi connectivity index (χ1n) is 11.6. The van der Waals surface area contributed by atoms with Gasteiger partial charge in [0.15, 0.2) is 0 Å². The number of hydrogen-bond donors (Lipinski definition) is 1. The Morgan fingerprint density at radius 2 is 1.58 bits per heavy atom. The molecule has 1 spiro atoms. The molecule has 3 amide bonds. The largest absolute Gasteiger partial charge is 0.462 e. The second-order valence-electron chi connectivity index (χ2n) is 8.54. The number of urea groups is 1. The number of rotatable bonds is 4. The number of amides is 3. The maximum Gasteiger partial charge on any atom is 0.416 e. The SMILES string of the molecule is CCOC(=O)c1ccc(NC(=O)N2CCC3(CC2)SCCN3C(=O)c2ccc(C(F)(F)F)cc2)cc1. The van der Waals surface area contributed by atoms with Crippen molar-refractivity contribution in [3.8, 4) is 0 Å². The highest BCUT2D eigenvalue weighted by Gasteiger charge is 2.47. The number of carbonyl (C=O) groups is 3. The van der Waals surface area contributed by atoms with Gasteiger partial charge in [-0.25, -0.2) is 9.59 Å². The standard InChI is InChI=1S/C25H26F3N3O4S/c1-2-35-22(33)18-5-9-20(10-6-18)29-23(34)30-13-11-24(12-14-30)31(15-16-36-24)21(32)17-3-7-19(8-4-17)25(26,27)28/h3-10H,2,11-16H2,1H3,(H,29,34). The van der Waals surface area contributed by atoms with Gasteiger partial charge in [0.1, 0.15) is 0 Å². The van der Waals surface area contributed by atoms with E-state index in [4.69, 9.17) is 4.74 Å². The molecule has 0 aliphatic carbocycles. The predicted octanol–water partition coefficient (Wildman–Crippen LogP) is 5.10. The molecule has 0 aromatic heterocycles. The van der Waals surface area contributed by atoms with Crippen molar-refractivity contribution in [3.05, 3.63) is 65.2 Å². The Hall–Kier alpha value is -3.21. The highest BCUT2D eigenvalue weighted by Crippen LogP contribution is 2.44. The number of likely N-dealkylation sites (tertiary alicyclic amines) is 1. The van der Waals surface area contributed by atoms with Crippen molar-refractivity contribution in [3.63, 3.8) is 0 Å². The molecule has 192 valence electrons. The van der Waals surface area contributed by atoms with Crippen LogP contribution in [0.15, 0.2) is 48.5 Å². The fourth-order valence-electron chi connectivity index (χ4n) is 4.43. The van der Waals surface area contributed by atoms with Crippen LogP contribution in [0.4, 0.5) is 23.7 Å². The van der Waals surface area contributed by atoms with Crippen LogP contribution in [0, 0.1) is 0 Å². The molecule has 7 nitrogen and oxygen atoms in total. The molecule has 0 saturated carbocycles. The minimum absolute atomic E-state index is 0.219. The molecule has 2 aromatic carbocycles. The molecular weight excluding hydrogens is 495 g/mol. The number of thioether (sulfide) groups is 1. The molecule has 2 aliphatic heterocycles. The molecule has 0 radical (unpaired) electrons. The summed E-state index contributed by atoms with van der Waals surface area (Å²) in [6.45, 7) is 3.36. The number of carbonyl (C=O) groups excluding carboxylic acids is 3. The van der Waals surface area contributed by atoms with E-state index in [1.807, 2.05) is 0 Å². The van der Waals surface area contributed by atoms with E-state index in [9.17, 15) is 27.6 Å². The molecule has 0 atom stereocenters. The number of nitrogens with zero attached hydrogens (tertiary/aromatic N) is 2. The lowest BCUT2D eigenvalue weighted by Gasteiger charge is -2.44. The van der Waals surface area contributed by atoms with Crippen LogP contribution in [0.2, 0.25) is 0 Å². The molecule has 0 unspecified atom stereocenters. The van der Waals surface area contributed by atoms with Gasteiger partial charge in [0.05, 0.1) is 22.6 Å². The topological polar surface area (TPSA) is 79.0 Å². The number of hydrogen-bond acceptors (Lipinski definition) is 5. The fraction of sp³-hybridized carbons (Fsp3) is 0.400. The van der Waals surface area contributed by atoms with Crippen LogP contribution in [-0.4, -0.2) is 64.6 Å². The van der Waals surface area contributed by atoms with Crippen LogP contribution in [0.25, 0.3) is 0 Å². The summed E-state index contributed by atoms with van der Waals surface area (Å²) in [6.07, 6.45) is -3.35. The summed E-state index contributed by atoms with van der Waals surface area (Å²) < 4.78 is 43.6. The summed E-state index contributed by atoms with van der Waals surface area (Å²) in [5.41, 5.74) is 0.365. The second-order valence-corrected chi connectivity index (χ2v) is 10.00. The number of nitrogens with one attached hydrogen (secondary N) is 1. The molecule has 0 bridgehead atoms. The molecule has 4 rings (SSSR count). The number of benzene rings is 2. The Morgan fingerprint density at radius 1 is 0.972 bits per heavy atom. The quantitative estimate of drug-likeness (QED) is 0.567. The number of anilines is 1. The van der Waals surface area contributed by atoms with E-state index in [1.165, 1.54) is 12.1 Å². The molecule has 1 N–H and O–H groups in total. The van der Waals surface area contributed by atoms with E-state index in [1.54, 1.807) is 52.8 Å². The summed E-state index contributed by atoms with van der Waals surface area (Å²) >= 11 is 1.65. The Morgan fingerprint density at radius 3 is 2.17 bits per heavy atom. The summed E-state index contributed by atoms with van der Waals surface area (Å²) in [4.78, 5) is 40.6. The third-order valence-electron chi connectivity index (χ3n) is 6.36. The van der Waals surface area contributed by atoms with Gasteiger partial charge in [-0.2, -0.15) is 13.2 Å². The van der Waals surface area contributed by atoms with E-state index in [0.717, 1.165) is 17.9 Å². The Bertz CT molecular complexity index is 1110. The number of piperidine rings is 1. The molecule has 36 heavy (non-hydrogen) atoms. The minimum Gasteiger partial charge on any atom is -0.462 e. The van der Waals surface area contributed by atoms with Crippen molar-refractivity contribution in [2.45, 2.75) is 30.8 Å². The van der Waals surface area contributed by atoms with Crippen LogP contribution in [0.1, 0.15) is 46.0 Å². The zero-order valence-electron chi connectivity index (χ0n) is 19.6. The molecule has 11 heteroatoms. The van der Waals surface area contributed by atoms with Gasteiger partial charge in [0.25, 0.3) is 5.91 Å². The Balaban J connectivity index is 1.36. The van der Waals surface area contributed by atoms with Gasteiger partial charge in [-0.15, -0.1) is 11.8 Å². The maximum atomic E-state index is 13.2. The Kier molecular flexibility index (Phi) is 7.49. The van der Waals surface area contributed by atoms with E-state index >= 15 is 0 Å². The Labute approximate surface area is 211 Å². The lowest BCUT2D eigenvalue weighted by Crippen LogP contribution is -2.54. The van der Waals surface area contributed by atoms with E-state index in [2.05, 4.69) is 5.32 Å². The van der Waals surface area contributed by atoms with Crippen LogP contribution in [-0.2, 0) is 10.9 Å². The summed E-state index contributed by atoms with van der Waals surface area (Å²) in [7, 11) is 0. The lowest BCUT2D eigenvalue weighted by molar-refractivity contribution is -0.137. The fourth-order valence-corrected chi connectivity index (χ4v) is 5.89. The zero-order chi connectivity index (χ0) is 25.9. The van der Waals surface area contributed by atoms with Crippen molar-refractivity contribution in [2.75, 3.05) is 37.3 Å². The highest BCUT2D eigenvalue weighted by atomic mass is 32.2. The summed E-state index contributed by atoms with van der Waals surface area (Å²) in [5.74, 6) is 0.000232. The van der Waals surface area contributed by atoms with Crippen molar-refractivity contribution in [1.29, 1.82) is 0 Å². The number of halogens is 3. The molecule has 2 aliphatic rings. The highest BCUT2D eigenvalue weighted by molar-refractivity contribution is 8.00. The van der Waals surface area contributed by atoms with Gasteiger partial charge in [0.2, 0.25) is 0 Å². The molecule has 2 heterocycles. The first kappa shape index (κ1) is 25.9. The van der Waals surface area contributed by atoms with Gasteiger partial charge in [-0.05, 0) is 68.3 Å². The third-order valence-corrected chi connectivity index (χ3v) is 7.91. The van der Waals surface area contributed by atoms with Crippen LogP contribution < -0.4 is 5.32 Å². The summed E-state index contributed by atoms with van der Waals surface area (Å²) in [6, 6.07) is 10.4. The van der Waals surface area contributed by atoms with Gasteiger partial charge < -0.3 is 19.9 Å². The van der Waals surface area contributed by atoms with E-state index in [-0.39, 0.29) is 24.1 Å². The minimum atomic E-state index is -4.46. The molecule has 2 aromatic rings. The van der Waals surface area contributed by atoms with Crippen molar-refractivity contribution in [1.82, 2.24) is 9.80 Å². The summed E-state index contributed by atoms with van der Waals surface area (Å²) in [5, 5.41) is 2.82. The number of alkyl halides is 3. The zero-order valence-corrected chi connectivity index (χ0v) is 20.5. The normalized spacial score (nSPS) is 17.2. The monoisotopic (exact) mass is 521 g/mol. The van der Waals surface area contributed by atoms with Gasteiger partial charge in [0, 0.05) is 36.6 Å². The molecule has 2 saturated heterocycles. The smallest absolute Gasteiger partial charge is 0.416 e. The lowest BCUT2D eigenvalue weighted by atomic mass is 10.0. The van der Waals surface area contributed by atoms with Crippen LogP contribution in [0.3, 0.4) is 0 Å². The average molecular weight is 522 g/mol. The van der Waals surface area contributed by atoms with Gasteiger partial charge in [-0.3, -0.25) is 4.79 Å².